The monoisotopic (exact) mass is 276 g/mol. The van der Waals surface area contributed by atoms with Crippen molar-refractivity contribution in [2.45, 2.75) is 13.3 Å². The Kier molecular flexibility index (Phi) is 3.53. The van der Waals surface area contributed by atoms with E-state index in [0.29, 0.717) is 17.6 Å². The highest BCUT2D eigenvalue weighted by molar-refractivity contribution is 6.52. The van der Waals surface area contributed by atoms with Crippen molar-refractivity contribution < 1.29 is 9.59 Å². The van der Waals surface area contributed by atoms with Gasteiger partial charge in [0.1, 0.15) is 0 Å². The first-order valence-corrected chi connectivity index (χ1v) is 7.17. The Balaban J connectivity index is 2.24. The quantitative estimate of drug-likeness (QED) is 0.800. The molecule has 0 unspecified atom stereocenters. The molecular formula is C19H16O2. The first-order valence-electron chi connectivity index (χ1n) is 7.17. The van der Waals surface area contributed by atoms with E-state index in [4.69, 9.17) is 0 Å². The smallest absolute Gasteiger partial charge is 0.175 e. The number of carbonyl (C=O) groups is 2. The molecule has 0 fully saturated rings. The van der Waals surface area contributed by atoms with E-state index in [9.17, 15) is 9.59 Å². The molecule has 0 N–H and O–H groups in total. The Morgan fingerprint density at radius 1 is 0.714 bits per heavy atom. The molecular weight excluding hydrogens is 260 g/mol. The zero-order valence-electron chi connectivity index (χ0n) is 11.9. The second-order valence-electron chi connectivity index (χ2n) is 5.17. The molecule has 2 aromatic carbocycles. The van der Waals surface area contributed by atoms with Crippen molar-refractivity contribution in [2.75, 3.05) is 0 Å². The lowest BCUT2D eigenvalue weighted by molar-refractivity contribution is -0.125. The molecule has 0 radical (unpaired) electrons. The van der Waals surface area contributed by atoms with E-state index in [-0.39, 0.29) is 11.6 Å². The summed E-state index contributed by atoms with van der Waals surface area (Å²) in [7, 11) is 0. The first kappa shape index (κ1) is 13.5. The van der Waals surface area contributed by atoms with E-state index >= 15 is 0 Å². The van der Waals surface area contributed by atoms with Gasteiger partial charge in [0, 0.05) is 11.1 Å². The summed E-state index contributed by atoms with van der Waals surface area (Å²) in [6, 6.07) is 18.9. The number of benzene rings is 2. The number of rotatable bonds is 3. The maximum absolute atomic E-state index is 12.7. The van der Waals surface area contributed by atoms with Gasteiger partial charge in [-0.2, -0.15) is 0 Å². The molecule has 2 aromatic rings. The molecule has 21 heavy (non-hydrogen) atoms. The fraction of sp³-hybridized carbons (Fsp3) is 0.158. The molecule has 0 heterocycles. The lowest BCUT2D eigenvalue weighted by Gasteiger charge is -2.05. The SMILES string of the molecule is CCC1C(=O)C(c2ccccc2)=C(c2ccccc2)C1=O. The van der Waals surface area contributed by atoms with Crippen molar-refractivity contribution in [2.24, 2.45) is 5.92 Å². The Labute approximate surface area is 124 Å². The summed E-state index contributed by atoms with van der Waals surface area (Å²) < 4.78 is 0. The molecule has 104 valence electrons. The average molecular weight is 276 g/mol. The van der Waals surface area contributed by atoms with Crippen LogP contribution in [0.15, 0.2) is 60.7 Å². The molecule has 0 bridgehead atoms. The standard InChI is InChI=1S/C19H16O2/c1-2-15-18(20)16(13-9-5-3-6-10-13)17(19(15)21)14-11-7-4-8-12-14/h3-12,15H,2H2,1H3. The zero-order chi connectivity index (χ0) is 14.8. The molecule has 2 heteroatoms. The van der Waals surface area contributed by atoms with Crippen molar-refractivity contribution in [3.63, 3.8) is 0 Å². The Bertz CT molecular complexity index is 650. The Morgan fingerprint density at radius 2 is 1.10 bits per heavy atom. The first-order chi connectivity index (χ1) is 10.2. The molecule has 1 aliphatic rings. The normalized spacial score (nSPS) is 15.9. The lowest BCUT2D eigenvalue weighted by atomic mass is 9.96. The van der Waals surface area contributed by atoms with E-state index < -0.39 is 5.92 Å². The third-order valence-electron chi connectivity index (χ3n) is 3.91. The van der Waals surface area contributed by atoms with Gasteiger partial charge in [-0.05, 0) is 17.5 Å². The Hall–Kier alpha value is -2.48. The number of hydrogen-bond donors (Lipinski definition) is 0. The van der Waals surface area contributed by atoms with Gasteiger partial charge >= 0.3 is 0 Å². The van der Waals surface area contributed by atoms with Crippen molar-refractivity contribution in [1.82, 2.24) is 0 Å². The van der Waals surface area contributed by atoms with Crippen molar-refractivity contribution in [1.29, 1.82) is 0 Å². The number of carbonyl (C=O) groups excluding carboxylic acids is 2. The lowest BCUT2D eigenvalue weighted by Crippen LogP contribution is -2.16. The third-order valence-corrected chi connectivity index (χ3v) is 3.91. The highest BCUT2D eigenvalue weighted by Crippen LogP contribution is 2.39. The predicted octanol–water partition coefficient (Wildman–Crippen LogP) is 3.78. The molecule has 3 rings (SSSR count). The van der Waals surface area contributed by atoms with Crippen LogP contribution in [0.4, 0.5) is 0 Å². The second-order valence-corrected chi connectivity index (χ2v) is 5.17. The summed E-state index contributed by atoms with van der Waals surface area (Å²) in [6.45, 7) is 1.89. The fourth-order valence-corrected chi connectivity index (χ4v) is 2.87. The van der Waals surface area contributed by atoms with E-state index in [1.54, 1.807) is 0 Å². The molecule has 0 saturated heterocycles. The van der Waals surface area contributed by atoms with E-state index in [0.717, 1.165) is 11.1 Å². The fourth-order valence-electron chi connectivity index (χ4n) is 2.87. The molecule has 1 aliphatic carbocycles. The van der Waals surface area contributed by atoms with Gasteiger partial charge < -0.3 is 0 Å². The van der Waals surface area contributed by atoms with Gasteiger partial charge in [-0.15, -0.1) is 0 Å². The topological polar surface area (TPSA) is 34.1 Å². The van der Waals surface area contributed by atoms with Gasteiger partial charge in [-0.1, -0.05) is 67.6 Å². The highest BCUT2D eigenvalue weighted by Gasteiger charge is 2.40. The summed E-state index contributed by atoms with van der Waals surface area (Å²) in [5.41, 5.74) is 2.79. The highest BCUT2D eigenvalue weighted by atomic mass is 16.2. The number of Topliss-reactive ketones (excluding diaryl/α,β-unsaturated/α-hetero) is 2. The number of hydrogen-bond acceptors (Lipinski definition) is 2. The summed E-state index contributed by atoms with van der Waals surface area (Å²) in [6.07, 6.45) is 0.546. The van der Waals surface area contributed by atoms with E-state index in [2.05, 4.69) is 0 Å². The van der Waals surface area contributed by atoms with Gasteiger partial charge in [0.15, 0.2) is 11.6 Å². The predicted molar refractivity (Wildman–Crippen MR) is 83.5 cm³/mol. The minimum atomic E-state index is -0.532. The maximum Gasteiger partial charge on any atom is 0.175 e. The van der Waals surface area contributed by atoms with Crippen LogP contribution in [-0.4, -0.2) is 11.6 Å². The van der Waals surface area contributed by atoms with Crippen LogP contribution >= 0.6 is 0 Å². The zero-order valence-corrected chi connectivity index (χ0v) is 11.9. The maximum atomic E-state index is 12.7. The minimum Gasteiger partial charge on any atom is -0.293 e. The Morgan fingerprint density at radius 3 is 1.43 bits per heavy atom. The molecule has 0 spiro atoms. The summed E-state index contributed by atoms with van der Waals surface area (Å²) in [5, 5.41) is 0. The average Bonchev–Trinajstić information content (AvgIpc) is 2.79. The van der Waals surface area contributed by atoms with Gasteiger partial charge in [0.2, 0.25) is 0 Å². The summed E-state index contributed by atoms with van der Waals surface area (Å²) in [5.74, 6) is -0.629. The van der Waals surface area contributed by atoms with Gasteiger partial charge in [-0.25, -0.2) is 0 Å². The second kappa shape index (κ2) is 5.49. The number of ketones is 2. The van der Waals surface area contributed by atoms with Crippen molar-refractivity contribution >= 4 is 22.7 Å². The van der Waals surface area contributed by atoms with Crippen LogP contribution in [0.1, 0.15) is 24.5 Å². The van der Waals surface area contributed by atoms with Crippen molar-refractivity contribution in [3.8, 4) is 0 Å². The number of allylic oxidation sites excluding steroid dienone is 2. The molecule has 0 aromatic heterocycles. The van der Waals surface area contributed by atoms with E-state index in [1.807, 2.05) is 67.6 Å². The molecule has 2 nitrogen and oxygen atoms in total. The molecule has 0 aliphatic heterocycles. The molecule has 0 amide bonds. The molecule has 0 saturated carbocycles. The molecule has 0 atom stereocenters. The summed E-state index contributed by atoms with van der Waals surface area (Å²) >= 11 is 0. The minimum absolute atomic E-state index is 0.0486. The van der Waals surface area contributed by atoms with Crippen LogP contribution in [-0.2, 0) is 9.59 Å². The van der Waals surface area contributed by atoms with Gasteiger partial charge in [0.25, 0.3) is 0 Å². The van der Waals surface area contributed by atoms with Crippen LogP contribution in [0.5, 0.6) is 0 Å². The third kappa shape index (κ3) is 2.23. The van der Waals surface area contributed by atoms with Crippen LogP contribution in [0.25, 0.3) is 11.1 Å². The van der Waals surface area contributed by atoms with Gasteiger partial charge in [-0.3, -0.25) is 9.59 Å². The van der Waals surface area contributed by atoms with Crippen LogP contribution in [0.3, 0.4) is 0 Å². The van der Waals surface area contributed by atoms with Crippen molar-refractivity contribution in [3.05, 3.63) is 71.8 Å². The van der Waals surface area contributed by atoms with Crippen LogP contribution < -0.4 is 0 Å². The van der Waals surface area contributed by atoms with E-state index in [1.165, 1.54) is 0 Å². The largest absolute Gasteiger partial charge is 0.293 e. The van der Waals surface area contributed by atoms with Crippen LogP contribution in [0.2, 0.25) is 0 Å². The van der Waals surface area contributed by atoms with Crippen LogP contribution in [0, 0.1) is 5.92 Å². The summed E-state index contributed by atoms with van der Waals surface area (Å²) in [4.78, 5) is 25.3. The van der Waals surface area contributed by atoms with Gasteiger partial charge in [0.05, 0.1) is 5.92 Å².